The van der Waals surface area contributed by atoms with Gasteiger partial charge in [-0.15, -0.1) is 6.58 Å². The fourth-order valence-corrected chi connectivity index (χ4v) is 5.27. The molecule has 0 saturated carbocycles. The lowest BCUT2D eigenvalue weighted by molar-refractivity contribution is 0.213. The highest BCUT2D eigenvalue weighted by molar-refractivity contribution is 7.90. The summed E-state index contributed by atoms with van der Waals surface area (Å²) in [5, 5.41) is 3.17. The molecule has 0 unspecified atom stereocenters. The number of halogens is 2. The number of sulfone groups is 1. The molecule has 1 N–H and O–H groups in total. The molecule has 10 heteroatoms. The van der Waals surface area contributed by atoms with Crippen molar-refractivity contribution in [3.05, 3.63) is 89.5 Å². The molecule has 2 amide bonds. The summed E-state index contributed by atoms with van der Waals surface area (Å²) < 4.78 is 41.1. The van der Waals surface area contributed by atoms with Crippen molar-refractivity contribution in [1.82, 2.24) is 14.5 Å². The Kier molecular flexibility index (Phi) is 8.11. The molecule has 0 aliphatic carbocycles. The minimum absolute atomic E-state index is 0.101. The van der Waals surface area contributed by atoms with Crippen molar-refractivity contribution in [3.63, 3.8) is 0 Å². The van der Waals surface area contributed by atoms with Crippen LogP contribution in [0.15, 0.2) is 72.5 Å². The van der Waals surface area contributed by atoms with Gasteiger partial charge in [-0.1, -0.05) is 35.9 Å². The maximum absolute atomic E-state index is 13.2. The van der Waals surface area contributed by atoms with Crippen molar-refractivity contribution in [2.24, 2.45) is 0 Å². The standard InChI is InChI=1S/C24H26ClFN4O3S/c1-4-12-29(23(31)28-21-7-5-6-19(25)13-21)15-22-14-27-24(30(22)17(2)3)34(32,33)16-18-8-10-20(26)11-9-18/h4-11,13-14,17H,1,12,15-16H2,2-3H3,(H,28,31). The van der Waals surface area contributed by atoms with Crippen LogP contribution in [0.2, 0.25) is 5.02 Å². The van der Waals surface area contributed by atoms with Gasteiger partial charge in [0.25, 0.3) is 0 Å². The van der Waals surface area contributed by atoms with Gasteiger partial charge in [0.1, 0.15) is 5.82 Å². The molecular weight excluding hydrogens is 479 g/mol. The number of nitrogens with zero attached hydrogens (tertiary/aromatic N) is 3. The maximum Gasteiger partial charge on any atom is 0.322 e. The number of benzene rings is 2. The van der Waals surface area contributed by atoms with Gasteiger partial charge in [0, 0.05) is 23.3 Å². The summed E-state index contributed by atoms with van der Waals surface area (Å²) in [6, 6.07) is 11.4. The number of hydrogen-bond acceptors (Lipinski definition) is 4. The molecule has 34 heavy (non-hydrogen) atoms. The molecule has 0 aliphatic heterocycles. The van der Waals surface area contributed by atoms with E-state index in [9.17, 15) is 17.6 Å². The van der Waals surface area contributed by atoms with E-state index >= 15 is 0 Å². The first-order valence-electron chi connectivity index (χ1n) is 10.6. The number of carbonyl (C=O) groups is 1. The second-order valence-corrected chi connectivity index (χ2v) is 10.3. The quantitative estimate of drug-likeness (QED) is 0.393. The molecular formula is C24H26ClFN4O3S. The Balaban J connectivity index is 1.87. The van der Waals surface area contributed by atoms with E-state index in [1.165, 1.54) is 35.4 Å². The highest BCUT2D eigenvalue weighted by atomic mass is 35.5. The van der Waals surface area contributed by atoms with Crippen LogP contribution in [0.4, 0.5) is 14.9 Å². The van der Waals surface area contributed by atoms with Crippen LogP contribution >= 0.6 is 11.6 Å². The van der Waals surface area contributed by atoms with Crippen LogP contribution in [-0.2, 0) is 22.1 Å². The zero-order chi connectivity index (χ0) is 24.9. The lowest BCUT2D eigenvalue weighted by Crippen LogP contribution is -2.35. The van der Waals surface area contributed by atoms with Crippen LogP contribution in [0.25, 0.3) is 0 Å². The first-order chi connectivity index (χ1) is 16.1. The van der Waals surface area contributed by atoms with Gasteiger partial charge in [0.2, 0.25) is 15.0 Å². The molecule has 0 aliphatic rings. The zero-order valence-corrected chi connectivity index (χ0v) is 20.5. The first-order valence-corrected chi connectivity index (χ1v) is 12.6. The van der Waals surface area contributed by atoms with Gasteiger partial charge in [-0.2, -0.15) is 0 Å². The second-order valence-electron chi connectivity index (χ2n) is 7.99. The van der Waals surface area contributed by atoms with E-state index in [4.69, 9.17) is 11.6 Å². The van der Waals surface area contributed by atoms with Gasteiger partial charge >= 0.3 is 6.03 Å². The number of amides is 2. The Morgan fingerprint density at radius 1 is 1.26 bits per heavy atom. The van der Waals surface area contributed by atoms with Crippen molar-refractivity contribution >= 4 is 33.2 Å². The lowest BCUT2D eigenvalue weighted by atomic mass is 10.2. The molecule has 0 spiro atoms. The Morgan fingerprint density at radius 2 is 1.97 bits per heavy atom. The van der Waals surface area contributed by atoms with E-state index in [1.807, 2.05) is 13.8 Å². The number of carbonyl (C=O) groups excluding carboxylic acids is 1. The van der Waals surface area contributed by atoms with Gasteiger partial charge in [-0.25, -0.2) is 22.6 Å². The van der Waals surface area contributed by atoms with Gasteiger partial charge in [-0.3, -0.25) is 0 Å². The molecule has 0 atom stereocenters. The molecule has 180 valence electrons. The van der Waals surface area contributed by atoms with E-state index in [-0.39, 0.29) is 30.0 Å². The molecule has 7 nitrogen and oxygen atoms in total. The van der Waals surface area contributed by atoms with E-state index in [0.29, 0.717) is 22.0 Å². The summed E-state index contributed by atoms with van der Waals surface area (Å²) in [5.74, 6) is -0.757. The highest BCUT2D eigenvalue weighted by Crippen LogP contribution is 2.23. The molecule has 1 aromatic heterocycles. The molecule has 2 aromatic carbocycles. The average molecular weight is 505 g/mol. The number of hydrogen-bond donors (Lipinski definition) is 1. The van der Waals surface area contributed by atoms with Gasteiger partial charge < -0.3 is 14.8 Å². The minimum Gasteiger partial charge on any atom is -0.315 e. The molecule has 0 bridgehead atoms. The highest BCUT2D eigenvalue weighted by Gasteiger charge is 2.26. The molecule has 3 aromatic rings. The topological polar surface area (TPSA) is 84.3 Å². The van der Waals surface area contributed by atoms with Gasteiger partial charge in [-0.05, 0) is 49.7 Å². The van der Waals surface area contributed by atoms with Crippen LogP contribution in [0.3, 0.4) is 0 Å². The summed E-state index contributed by atoms with van der Waals surface area (Å²) in [6.07, 6.45) is 3.04. The third-order valence-corrected chi connectivity index (χ3v) is 6.78. The number of anilines is 1. The van der Waals surface area contributed by atoms with E-state index in [2.05, 4.69) is 16.9 Å². The van der Waals surface area contributed by atoms with Crippen molar-refractivity contribution in [2.45, 2.75) is 37.3 Å². The summed E-state index contributed by atoms with van der Waals surface area (Å²) in [4.78, 5) is 18.6. The average Bonchev–Trinajstić information content (AvgIpc) is 3.20. The number of imidazole rings is 1. The van der Waals surface area contributed by atoms with E-state index < -0.39 is 21.7 Å². The van der Waals surface area contributed by atoms with Crippen molar-refractivity contribution in [2.75, 3.05) is 11.9 Å². The van der Waals surface area contributed by atoms with Crippen LogP contribution in [-0.4, -0.2) is 35.4 Å². The summed E-state index contributed by atoms with van der Waals surface area (Å²) in [5.41, 5.74) is 1.54. The maximum atomic E-state index is 13.2. The molecule has 0 fully saturated rings. The number of rotatable bonds is 9. The Labute approximate surface area is 203 Å². The normalized spacial score (nSPS) is 11.4. The SMILES string of the molecule is C=CCN(Cc1cnc(S(=O)(=O)Cc2ccc(F)cc2)n1C(C)C)C(=O)Nc1cccc(Cl)c1. The van der Waals surface area contributed by atoms with Crippen molar-refractivity contribution in [1.29, 1.82) is 0 Å². The lowest BCUT2D eigenvalue weighted by Gasteiger charge is -2.24. The zero-order valence-electron chi connectivity index (χ0n) is 18.9. The Morgan fingerprint density at radius 3 is 2.59 bits per heavy atom. The molecule has 3 rings (SSSR count). The summed E-state index contributed by atoms with van der Waals surface area (Å²) in [7, 11) is -3.83. The fourth-order valence-electron chi connectivity index (χ4n) is 3.48. The van der Waals surface area contributed by atoms with Gasteiger partial charge in [0.05, 0.1) is 24.2 Å². The third-order valence-electron chi connectivity index (χ3n) is 4.97. The smallest absolute Gasteiger partial charge is 0.315 e. The van der Waals surface area contributed by atoms with Gasteiger partial charge in [0.15, 0.2) is 0 Å². The number of urea groups is 1. The second kappa shape index (κ2) is 10.8. The Hall–Kier alpha value is -3.17. The number of aromatic nitrogens is 2. The van der Waals surface area contributed by atoms with E-state index in [0.717, 1.165) is 0 Å². The van der Waals surface area contributed by atoms with Crippen LogP contribution in [0, 0.1) is 5.82 Å². The molecule has 0 radical (unpaired) electrons. The van der Waals surface area contributed by atoms with Crippen molar-refractivity contribution < 1.29 is 17.6 Å². The first kappa shape index (κ1) is 25.5. The third kappa shape index (κ3) is 6.24. The number of nitrogens with one attached hydrogen (secondary N) is 1. The van der Waals surface area contributed by atoms with Crippen LogP contribution in [0.1, 0.15) is 31.1 Å². The summed E-state index contributed by atoms with van der Waals surface area (Å²) in [6.45, 7) is 7.73. The fraction of sp³-hybridized carbons (Fsp3) is 0.250. The summed E-state index contributed by atoms with van der Waals surface area (Å²) >= 11 is 6.00. The van der Waals surface area contributed by atoms with E-state index in [1.54, 1.807) is 34.9 Å². The van der Waals surface area contributed by atoms with Crippen LogP contribution in [0.5, 0.6) is 0 Å². The van der Waals surface area contributed by atoms with Crippen LogP contribution < -0.4 is 5.32 Å². The molecule has 0 saturated heterocycles. The predicted molar refractivity (Wildman–Crippen MR) is 131 cm³/mol. The minimum atomic E-state index is -3.83. The monoisotopic (exact) mass is 504 g/mol. The molecule has 1 heterocycles. The van der Waals surface area contributed by atoms with Crippen molar-refractivity contribution in [3.8, 4) is 0 Å². The Bertz CT molecular complexity index is 1270. The predicted octanol–water partition coefficient (Wildman–Crippen LogP) is 5.45. The largest absolute Gasteiger partial charge is 0.322 e.